The largest absolute Gasteiger partial charge is 0.494 e. The van der Waals surface area contributed by atoms with Gasteiger partial charge in [-0.25, -0.2) is 0 Å². The number of hydrogen-bond donors (Lipinski definition) is 0. The number of hydrogen-bond acceptors (Lipinski definition) is 1. The fourth-order valence-corrected chi connectivity index (χ4v) is 4.73. The van der Waals surface area contributed by atoms with Crippen LogP contribution in [0.4, 0.5) is 0 Å². The van der Waals surface area contributed by atoms with Gasteiger partial charge in [0.15, 0.2) is 0 Å². The van der Waals surface area contributed by atoms with E-state index in [1.54, 1.807) is 0 Å². The van der Waals surface area contributed by atoms with Gasteiger partial charge in [-0.3, -0.25) is 0 Å². The van der Waals surface area contributed by atoms with Crippen LogP contribution in [0.25, 0.3) is 0 Å². The summed E-state index contributed by atoms with van der Waals surface area (Å²) in [6.45, 7) is 14.7. The first-order chi connectivity index (χ1) is 15.2. The van der Waals surface area contributed by atoms with Crippen molar-refractivity contribution in [1.82, 2.24) is 0 Å². The topological polar surface area (TPSA) is 9.23 Å². The predicted molar refractivity (Wildman–Crippen MR) is 138 cm³/mol. The minimum atomic E-state index is 0.738. The third kappa shape index (κ3) is 13.2. The Hall–Kier alpha value is -1.02. The molecule has 0 atom stereocenters. The van der Waals surface area contributed by atoms with Crippen LogP contribution >= 0.6 is 0 Å². The van der Waals surface area contributed by atoms with Crippen LogP contribution < -0.4 is 4.74 Å². The highest BCUT2D eigenvalue weighted by atomic mass is 16.5. The maximum absolute atomic E-state index is 5.60. The number of quaternary nitrogens is 1. The van der Waals surface area contributed by atoms with Gasteiger partial charge >= 0.3 is 0 Å². The van der Waals surface area contributed by atoms with Crippen LogP contribution in [0.1, 0.15) is 123 Å². The second-order valence-electron chi connectivity index (χ2n) is 9.53. The molecular formula is C29H54NO+. The van der Waals surface area contributed by atoms with Gasteiger partial charge in [-0.2, -0.15) is 0 Å². The Kier molecular flexibility index (Phi) is 16.8. The van der Waals surface area contributed by atoms with E-state index < -0.39 is 0 Å². The van der Waals surface area contributed by atoms with E-state index in [9.17, 15) is 0 Å². The molecule has 0 saturated heterocycles. The molecule has 1 aromatic carbocycles. The molecule has 31 heavy (non-hydrogen) atoms. The first kappa shape index (κ1) is 28.0. The minimum absolute atomic E-state index is 0.738. The van der Waals surface area contributed by atoms with Gasteiger partial charge in [0.2, 0.25) is 0 Å². The number of ether oxygens (including phenoxy) is 1. The van der Waals surface area contributed by atoms with Crippen LogP contribution in [0.3, 0.4) is 0 Å². The molecule has 0 bridgehead atoms. The van der Waals surface area contributed by atoms with Gasteiger partial charge < -0.3 is 9.22 Å². The molecule has 0 aliphatic carbocycles. The molecule has 0 amide bonds. The lowest BCUT2D eigenvalue weighted by Gasteiger charge is -2.37. The monoisotopic (exact) mass is 432 g/mol. The highest BCUT2D eigenvalue weighted by molar-refractivity contribution is 5.26. The smallest absolute Gasteiger partial charge is 0.119 e. The summed E-state index contributed by atoms with van der Waals surface area (Å²) >= 11 is 0. The van der Waals surface area contributed by atoms with E-state index in [4.69, 9.17) is 4.74 Å². The van der Waals surface area contributed by atoms with E-state index in [0.717, 1.165) is 18.9 Å². The highest BCUT2D eigenvalue weighted by Crippen LogP contribution is 2.20. The second kappa shape index (κ2) is 18.5. The van der Waals surface area contributed by atoms with E-state index in [0.29, 0.717) is 0 Å². The Labute approximate surface area is 195 Å². The van der Waals surface area contributed by atoms with Gasteiger partial charge in [0.05, 0.1) is 26.2 Å². The van der Waals surface area contributed by atoms with Crippen molar-refractivity contribution in [3.05, 3.63) is 29.8 Å². The predicted octanol–water partition coefficient (Wildman–Crippen LogP) is 8.92. The third-order valence-corrected chi connectivity index (χ3v) is 7.08. The van der Waals surface area contributed by atoms with Gasteiger partial charge in [0.1, 0.15) is 12.3 Å². The minimum Gasteiger partial charge on any atom is -0.494 e. The summed E-state index contributed by atoms with van der Waals surface area (Å²) in [6, 6.07) is 8.78. The first-order valence-corrected chi connectivity index (χ1v) is 13.8. The summed E-state index contributed by atoms with van der Waals surface area (Å²) in [6.07, 6.45) is 20.1. The standard InChI is InChI=1S/C29H54NO/c1-5-9-10-11-12-13-14-15-16-17-18-19-20-21-26-30(6-2,7-3)27-28-22-24-29(25-23-28)31-8-4/h22-25H,5-21,26-27H2,1-4H3/q+1. The van der Waals surface area contributed by atoms with Gasteiger partial charge in [0.25, 0.3) is 0 Å². The molecular weight excluding hydrogens is 378 g/mol. The van der Waals surface area contributed by atoms with Crippen LogP contribution in [0, 0.1) is 0 Å². The van der Waals surface area contributed by atoms with Crippen molar-refractivity contribution in [3.63, 3.8) is 0 Å². The fourth-order valence-electron chi connectivity index (χ4n) is 4.73. The van der Waals surface area contributed by atoms with E-state index in [1.807, 2.05) is 6.92 Å². The summed E-state index contributed by atoms with van der Waals surface area (Å²) in [5.41, 5.74) is 1.44. The number of nitrogens with zero attached hydrogens (tertiary/aromatic N) is 1. The Balaban J connectivity index is 2.12. The molecule has 0 N–H and O–H groups in total. The lowest BCUT2D eigenvalue weighted by molar-refractivity contribution is -0.938. The Morgan fingerprint density at radius 1 is 0.581 bits per heavy atom. The molecule has 1 aromatic rings. The zero-order chi connectivity index (χ0) is 22.6. The van der Waals surface area contributed by atoms with E-state index in [2.05, 4.69) is 45.0 Å². The average Bonchev–Trinajstić information content (AvgIpc) is 2.80. The van der Waals surface area contributed by atoms with Crippen molar-refractivity contribution in [1.29, 1.82) is 0 Å². The summed E-state index contributed by atoms with van der Waals surface area (Å²) in [7, 11) is 0. The molecule has 0 heterocycles. The molecule has 0 aliphatic heterocycles. The van der Waals surface area contributed by atoms with Gasteiger partial charge in [-0.15, -0.1) is 0 Å². The SMILES string of the molecule is CCCCCCCCCCCCCCCC[N+](CC)(CC)Cc1ccc(OCC)cc1. The number of unbranched alkanes of at least 4 members (excludes halogenated alkanes) is 13. The summed E-state index contributed by atoms with van der Waals surface area (Å²) in [5, 5.41) is 0. The fraction of sp³-hybridized carbons (Fsp3) is 0.793. The van der Waals surface area contributed by atoms with Crippen molar-refractivity contribution in [3.8, 4) is 5.75 Å². The summed E-state index contributed by atoms with van der Waals surface area (Å²) in [4.78, 5) is 0. The van der Waals surface area contributed by atoms with Crippen molar-refractivity contribution in [2.45, 2.75) is 124 Å². The number of benzene rings is 1. The van der Waals surface area contributed by atoms with Crippen molar-refractivity contribution >= 4 is 0 Å². The van der Waals surface area contributed by atoms with Crippen LogP contribution in [0.2, 0.25) is 0 Å². The second-order valence-corrected chi connectivity index (χ2v) is 9.53. The lowest BCUT2D eigenvalue weighted by Crippen LogP contribution is -2.47. The van der Waals surface area contributed by atoms with Crippen LogP contribution in [-0.4, -0.2) is 30.7 Å². The van der Waals surface area contributed by atoms with Gasteiger partial charge in [-0.1, -0.05) is 84.0 Å². The molecule has 2 nitrogen and oxygen atoms in total. The number of rotatable bonds is 21. The molecule has 0 aromatic heterocycles. The Morgan fingerprint density at radius 3 is 1.45 bits per heavy atom. The molecule has 2 heteroatoms. The Morgan fingerprint density at radius 2 is 1.03 bits per heavy atom. The van der Waals surface area contributed by atoms with Crippen molar-refractivity contribution in [2.75, 3.05) is 26.2 Å². The van der Waals surface area contributed by atoms with E-state index >= 15 is 0 Å². The molecule has 0 aliphatic rings. The van der Waals surface area contributed by atoms with E-state index in [-0.39, 0.29) is 0 Å². The molecule has 180 valence electrons. The average molecular weight is 433 g/mol. The van der Waals surface area contributed by atoms with Crippen LogP contribution in [0.15, 0.2) is 24.3 Å². The lowest BCUT2D eigenvalue weighted by atomic mass is 10.0. The normalized spacial score (nSPS) is 11.7. The molecule has 0 spiro atoms. The van der Waals surface area contributed by atoms with Gasteiger partial charge in [-0.05, 0) is 57.9 Å². The molecule has 0 radical (unpaired) electrons. The Bertz CT molecular complexity index is 506. The van der Waals surface area contributed by atoms with Gasteiger partial charge in [0, 0.05) is 5.56 Å². The maximum Gasteiger partial charge on any atom is 0.119 e. The quantitative estimate of drug-likeness (QED) is 0.139. The van der Waals surface area contributed by atoms with Crippen LogP contribution in [0.5, 0.6) is 5.75 Å². The summed E-state index contributed by atoms with van der Waals surface area (Å²) in [5.74, 6) is 0.990. The van der Waals surface area contributed by atoms with E-state index in [1.165, 1.54) is 120 Å². The zero-order valence-corrected chi connectivity index (χ0v) is 21.6. The van der Waals surface area contributed by atoms with Crippen molar-refractivity contribution < 1.29 is 9.22 Å². The highest BCUT2D eigenvalue weighted by Gasteiger charge is 2.23. The molecule has 0 unspecified atom stereocenters. The zero-order valence-electron chi connectivity index (χ0n) is 21.6. The molecule has 1 rings (SSSR count). The summed E-state index contributed by atoms with van der Waals surface area (Å²) < 4.78 is 6.81. The van der Waals surface area contributed by atoms with Crippen LogP contribution in [-0.2, 0) is 6.54 Å². The molecule has 0 fully saturated rings. The molecule has 0 saturated carbocycles. The first-order valence-electron chi connectivity index (χ1n) is 13.8. The third-order valence-electron chi connectivity index (χ3n) is 7.08. The maximum atomic E-state index is 5.60. The van der Waals surface area contributed by atoms with Crippen molar-refractivity contribution in [2.24, 2.45) is 0 Å².